The van der Waals surface area contributed by atoms with Gasteiger partial charge in [-0.25, -0.2) is 4.98 Å². The molecule has 0 spiro atoms. The van der Waals surface area contributed by atoms with E-state index in [1.54, 1.807) is 35.8 Å². The van der Waals surface area contributed by atoms with Crippen molar-refractivity contribution in [3.63, 3.8) is 0 Å². The van der Waals surface area contributed by atoms with Gasteiger partial charge < -0.3 is 10.6 Å². The number of pyridine rings is 1. The van der Waals surface area contributed by atoms with E-state index in [4.69, 9.17) is 0 Å². The van der Waals surface area contributed by atoms with Crippen LogP contribution in [0, 0.1) is 6.92 Å². The van der Waals surface area contributed by atoms with Crippen molar-refractivity contribution in [2.45, 2.75) is 26.7 Å². The van der Waals surface area contributed by atoms with Gasteiger partial charge in [0.25, 0.3) is 11.8 Å². The van der Waals surface area contributed by atoms with Gasteiger partial charge in [0.05, 0.1) is 5.56 Å². The summed E-state index contributed by atoms with van der Waals surface area (Å²) in [5.41, 5.74) is 3.15. The molecule has 0 radical (unpaired) electrons. The number of nitrogens with zero attached hydrogens (tertiary/aromatic N) is 1. The van der Waals surface area contributed by atoms with E-state index in [1.807, 2.05) is 25.1 Å². The van der Waals surface area contributed by atoms with Gasteiger partial charge in [-0.15, -0.1) is 11.3 Å². The molecule has 3 aromatic rings. The fraction of sp³-hybridized carbons (Fsp3) is 0.190. The Bertz CT molecular complexity index is 944. The number of amides is 2. The Morgan fingerprint density at radius 2 is 1.70 bits per heavy atom. The van der Waals surface area contributed by atoms with Crippen molar-refractivity contribution in [1.29, 1.82) is 0 Å². The van der Waals surface area contributed by atoms with E-state index in [0.717, 1.165) is 5.56 Å². The first-order valence-corrected chi connectivity index (χ1v) is 9.55. The van der Waals surface area contributed by atoms with E-state index in [2.05, 4.69) is 29.5 Å². The molecule has 0 aliphatic carbocycles. The summed E-state index contributed by atoms with van der Waals surface area (Å²) in [4.78, 5) is 29.2. The lowest BCUT2D eigenvalue weighted by molar-refractivity contribution is 0.102. The number of hydrogen-bond donors (Lipinski definition) is 2. The molecule has 1 aromatic carbocycles. The number of aryl methyl sites for hydroxylation is 1. The molecular formula is C21H21N3O2S. The van der Waals surface area contributed by atoms with Crippen LogP contribution in [-0.4, -0.2) is 16.8 Å². The Morgan fingerprint density at radius 1 is 0.963 bits per heavy atom. The number of benzene rings is 1. The van der Waals surface area contributed by atoms with E-state index in [-0.39, 0.29) is 11.8 Å². The lowest BCUT2D eigenvalue weighted by Crippen LogP contribution is -2.17. The highest BCUT2D eigenvalue weighted by Crippen LogP contribution is 2.25. The van der Waals surface area contributed by atoms with Gasteiger partial charge in [-0.1, -0.05) is 32.0 Å². The van der Waals surface area contributed by atoms with Crippen molar-refractivity contribution in [2.75, 3.05) is 10.6 Å². The predicted octanol–water partition coefficient (Wildman–Crippen LogP) is 5.08. The highest BCUT2D eigenvalue weighted by atomic mass is 32.1. The summed E-state index contributed by atoms with van der Waals surface area (Å²) >= 11 is 1.31. The highest BCUT2D eigenvalue weighted by molar-refractivity contribution is 7.14. The van der Waals surface area contributed by atoms with Crippen LogP contribution in [0.2, 0.25) is 0 Å². The minimum Gasteiger partial charge on any atom is -0.313 e. The lowest BCUT2D eigenvalue weighted by Gasteiger charge is -2.09. The van der Waals surface area contributed by atoms with E-state index in [0.29, 0.717) is 27.9 Å². The summed E-state index contributed by atoms with van der Waals surface area (Å²) in [7, 11) is 0. The normalized spacial score (nSPS) is 10.7. The summed E-state index contributed by atoms with van der Waals surface area (Å²) in [6.07, 6.45) is 1.69. The first-order chi connectivity index (χ1) is 12.9. The fourth-order valence-corrected chi connectivity index (χ4v) is 3.28. The van der Waals surface area contributed by atoms with Crippen LogP contribution in [0.5, 0.6) is 0 Å². The van der Waals surface area contributed by atoms with Crippen molar-refractivity contribution < 1.29 is 9.59 Å². The number of aromatic nitrogens is 1. The van der Waals surface area contributed by atoms with E-state index >= 15 is 0 Å². The summed E-state index contributed by atoms with van der Waals surface area (Å²) in [5.74, 6) is 0.330. The van der Waals surface area contributed by atoms with Crippen molar-refractivity contribution >= 4 is 34.0 Å². The molecule has 0 atom stereocenters. The van der Waals surface area contributed by atoms with Crippen LogP contribution in [-0.2, 0) is 0 Å². The maximum atomic E-state index is 12.5. The van der Waals surface area contributed by atoms with Crippen LogP contribution in [0.3, 0.4) is 0 Å². The molecule has 0 aliphatic rings. The van der Waals surface area contributed by atoms with Gasteiger partial charge in [-0.05, 0) is 53.6 Å². The number of thiophene rings is 1. The SMILES string of the molecule is Cc1ccc(NC(=O)c2ccsc2NC(=O)c2ccc(C(C)C)cc2)nc1. The van der Waals surface area contributed by atoms with Crippen molar-refractivity contribution in [2.24, 2.45) is 0 Å². The Kier molecular flexibility index (Phi) is 5.66. The van der Waals surface area contributed by atoms with Crippen molar-refractivity contribution in [3.05, 3.63) is 76.3 Å². The zero-order valence-corrected chi connectivity index (χ0v) is 16.3. The average Bonchev–Trinajstić information content (AvgIpc) is 3.12. The van der Waals surface area contributed by atoms with Gasteiger partial charge in [0.1, 0.15) is 10.8 Å². The molecule has 0 saturated heterocycles. The third kappa shape index (κ3) is 4.60. The molecule has 2 aromatic heterocycles. The van der Waals surface area contributed by atoms with E-state index in [9.17, 15) is 9.59 Å². The average molecular weight is 379 g/mol. The maximum absolute atomic E-state index is 12.5. The second kappa shape index (κ2) is 8.14. The maximum Gasteiger partial charge on any atom is 0.259 e. The van der Waals surface area contributed by atoms with Crippen LogP contribution in [0.25, 0.3) is 0 Å². The smallest absolute Gasteiger partial charge is 0.259 e. The predicted molar refractivity (Wildman–Crippen MR) is 110 cm³/mol. The number of carbonyl (C=O) groups is 2. The number of carbonyl (C=O) groups excluding carboxylic acids is 2. The van der Waals surface area contributed by atoms with E-state index in [1.165, 1.54) is 16.9 Å². The van der Waals surface area contributed by atoms with Gasteiger partial charge in [-0.3, -0.25) is 9.59 Å². The highest BCUT2D eigenvalue weighted by Gasteiger charge is 2.16. The fourth-order valence-electron chi connectivity index (χ4n) is 2.50. The summed E-state index contributed by atoms with van der Waals surface area (Å²) in [6, 6.07) is 12.8. The number of hydrogen-bond acceptors (Lipinski definition) is 4. The molecule has 2 amide bonds. The van der Waals surface area contributed by atoms with Gasteiger partial charge in [0, 0.05) is 11.8 Å². The second-order valence-corrected chi connectivity index (χ2v) is 7.49. The molecular weight excluding hydrogens is 358 g/mol. The molecule has 0 fully saturated rings. The standard InChI is InChI=1S/C21H21N3O2S/c1-13(2)15-5-7-16(8-6-15)19(25)24-21-17(10-11-27-21)20(26)23-18-9-4-14(3)12-22-18/h4-13H,1-3H3,(H,24,25)(H,22,23,26). The van der Waals surface area contributed by atoms with Crippen LogP contribution < -0.4 is 10.6 Å². The summed E-state index contributed by atoms with van der Waals surface area (Å²) < 4.78 is 0. The minimum absolute atomic E-state index is 0.240. The summed E-state index contributed by atoms with van der Waals surface area (Å²) in [5, 5.41) is 7.86. The molecule has 0 unspecified atom stereocenters. The Hall–Kier alpha value is -2.99. The van der Waals surface area contributed by atoms with Crippen molar-refractivity contribution in [3.8, 4) is 0 Å². The Morgan fingerprint density at radius 3 is 2.33 bits per heavy atom. The number of rotatable bonds is 5. The molecule has 5 nitrogen and oxygen atoms in total. The van der Waals surface area contributed by atoms with Crippen LogP contribution in [0.4, 0.5) is 10.8 Å². The van der Waals surface area contributed by atoms with Gasteiger partial charge >= 0.3 is 0 Å². The topological polar surface area (TPSA) is 71.1 Å². The lowest BCUT2D eigenvalue weighted by atomic mass is 10.0. The number of nitrogens with one attached hydrogen (secondary N) is 2. The largest absolute Gasteiger partial charge is 0.313 e. The van der Waals surface area contributed by atoms with Crippen molar-refractivity contribution in [1.82, 2.24) is 4.98 Å². The molecule has 0 bridgehead atoms. The zero-order valence-electron chi connectivity index (χ0n) is 15.4. The molecule has 3 rings (SSSR count). The molecule has 6 heteroatoms. The van der Waals surface area contributed by atoms with Crippen LogP contribution in [0.15, 0.2) is 54.0 Å². The third-order valence-electron chi connectivity index (χ3n) is 4.13. The van der Waals surface area contributed by atoms with Gasteiger partial charge in [-0.2, -0.15) is 0 Å². The first kappa shape index (κ1) is 18.8. The zero-order chi connectivity index (χ0) is 19.4. The molecule has 2 heterocycles. The van der Waals surface area contributed by atoms with E-state index < -0.39 is 0 Å². The summed E-state index contributed by atoms with van der Waals surface area (Å²) in [6.45, 7) is 6.14. The molecule has 2 N–H and O–H groups in total. The molecule has 27 heavy (non-hydrogen) atoms. The quantitative estimate of drug-likeness (QED) is 0.649. The van der Waals surface area contributed by atoms with Gasteiger partial charge in [0.15, 0.2) is 0 Å². The monoisotopic (exact) mass is 379 g/mol. The van der Waals surface area contributed by atoms with Crippen LogP contribution in [0.1, 0.15) is 51.6 Å². The second-order valence-electron chi connectivity index (χ2n) is 6.57. The molecule has 0 saturated carbocycles. The number of anilines is 2. The minimum atomic E-state index is -0.307. The third-order valence-corrected chi connectivity index (χ3v) is 4.96. The Balaban J connectivity index is 1.71. The van der Waals surface area contributed by atoms with Crippen LogP contribution >= 0.6 is 11.3 Å². The molecule has 0 aliphatic heterocycles. The molecule has 138 valence electrons. The van der Waals surface area contributed by atoms with Gasteiger partial charge in [0.2, 0.25) is 0 Å². The Labute approximate surface area is 162 Å². The first-order valence-electron chi connectivity index (χ1n) is 8.67.